The number of benzene rings is 1. The topological polar surface area (TPSA) is 64.1 Å². The zero-order chi connectivity index (χ0) is 15.4. The van der Waals surface area contributed by atoms with Crippen molar-refractivity contribution in [3.63, 3.8) is 0 Å². The number of nitrogens with zero attached hydrogens (tertiary/aromatic N) is 1. The SMILES string of the molecule is COCC(C)Cn1c(=O)[nH]c(Cl)c(-c2ccccc2)c1=O. The highest BCUT2D eigenvalue weighted by atomic mass is 35.5. The Morgan fingerprint density at radius 3 is 2.57 bits per heavy atom. The molecule has 1 atom stereocenters. The third-order valence-electron chi connectivity index (χ3n) is 3.15. The number of hydrogen-bond donors (Lipinski definition) is 1. The molecule has 0 spiro atoms. The summed E-state index contributed by atoms with van der Waals surface area (Å²) in [6, 6.07) is 9.04. The first-order chi connectivity index (χ1) is 10.0. The second kappa shape index (κ2) is 6.74. The van der Waals surface area contributed by atoms with Crippen LogP contribution in [0.25, 0.3) is 11.1 Å². The molecule has 2 aromatic rings. The number of rotatable bonds is 5. The first-order valence-electron chi connectivity index (χ1n) is 6.61. The molecule has 0 fully saturated rings. The van der Waals surface area contributed by atoms with Crippen LogP contribution in [0.2, 0.25) is 5.15 Å². The van der Waals surface area contributed by atoms with Crippen LogP contribution < -0.4 is 11.2 Å². The normalized spacial score (nSPS) is 12.3. The Hall–Kier alpha value is -1.85. The van der Waals surface area contributed by atoms with Gasteiger partial charge in [0, 0.05) is 13.7 Å². The lowest BCUT2D eigenvalue weighted by atomic mass is 10.1. The minimum absolute atomic E-state index is 0.0404. The van der Waals surface area contributed by atoms with Crippen LogP contribution in [0.5, 0.6) is 0 Å². The highest BCUT2D eigenvalue weighted by molar-refractivity contribution is 6.32. The molecule has 1 heterocycles. The molecule has 0 aliphatic carbocycles. The lowest BCUT2D eigenvalue weighted by Gasteiger charge is -2.13. The summed E-state index contributed by atoms with van der Waals surface area (Å²) in [7, 11) is 1.58. The van der Waals surface area contributed by atoms with Gasteiger partial charge < -0.3 is 4.74 Å². The molecular weight excluding hydrogens is 292 g/mol. The molecule has 2 rings (SSSR count). The number of aromatic amines is 1. The predicted molar refractivity (Wildman–Crippen MR) is 82.8 cm³/mol. The van der Waals surface area contributed by atoms with Gasteiger partial charge in [0.1, 0.15) is 5.15 Å². The molecule has 0 amide bonds. The second-order valence-corrected chi connectivity index (χ2v) is 5.34. The first kappa shape index (κ1) is 15.5. The summed E-state index contributed by atoms with van der Waals surface area (Å²) in [4.78, 5) is 27.1. The van der Waals surface area contributed by atoms with E-state index < -0.39 is 11.2 Å². The summed E-state index contributed by atoms with van der Waals surface area (Å²) in [6.45, 7) is 2.65. The van der Waals surface area contributed by atoms with Gasteiger partial charge in [0.25, 0.3) is 5.56 Å². The number of halogens is 1. The summed E-state index contributed by atoms with van der Waals surface area (Å²) >= 11 is 6.05. The standard InChI is InChI=1S/C15H17ClN2O3/c1-10(9-21-2)8-18-14(19)12(13(16)17-15(18)20)11-6-4-3-5-7-11/h3-7,10H,8-9H2,1-2H3,(H,17,20). The molecule has 0 bridgehead atoms. The van der Waals surface area contributed by atoms with E-state index in [1.807, 2.05) is 25.1 Å². The van der Waals surface area contributed by atoms with Gasteiger partial charge in [-0.15, -0.1) is 0 Å². The Balaban J connectivity index is 2.54. The summed E-state index contributed by atoms with van der Waals surface area (Å²) < 4.78 is 6.21. The minimum Gasteiger partial charge on any atom is -0.384 e. The molecule has 21 heavy (non-hydrogen) atoms. The van der Waals surface area contributed by atoms with Gasteiger partial charge in [0.2, 0.25) is 0 Å². The minimum atomic E-state index is -0.507. The van der Waals surface area contributed by atoms with Gasteiger partial charge in [-0.1, -0.05) is 48.9 Å². The summed E-state index contributed by atoms with van der Waals surface area (Å²) in [5.41, 5.74) is 0.0870. The molecule has 1 N–H and O–H groups in total. The van der Waals surface area contributed by atoms with E-state index in [4.69, 9.17) is 16.3 Å². The molecule has 5 nitrogen and oxygen atoms in total. The molecule has 0 saturated carbocycles. The number of methoxy groups -OCH3 is 1. The fourth-order valence-corrected chi connectivity index (χ4v) is 2.49. The number of ether oxygens (including phenoxy) is 1. The molecule has 112 valence electrons. The van der Waals surface area contributed by atoms with Crippen molar-refractivity contribution >= 4 is 11.6 Å². The van der Waals surface area contributed by atoms with Gasteiger partial charge in [0.15, 0.2) is 0 Å². The van der Waals surface area contributed by atoms with E-state index in [9.17, 15) is 9.59 Å². The average molecular weight is 309 g/mol. The van der Waals surface area contributed by atoms with Crippen LogP contribution in [0, 0.1) is 5.92 Å². The number of hydrogen-bond acceptors (Lipinski definition) is 3. The molecule has 0 radical (unpaired) electrons. The molecule has 0 aliphatic rings. The van der Waals surface area contributed by atoms with Gasteiger partial charge in [-0.2, -0.15) is 0 Å². The van der Waals surface area contributed by atoms with Crippen molar-refractivity contribution in [2.45, 2.75) is 13.5 Å². The monoisotopic (exact) mass is 308 g/mol. The van der Waals surface area contributed by atoms with E-state index in [2.05, 4.69) is 4.98 Å². The second-order valence-electron chi connectivity index (χ2n) is 4.96. The van der Waals surface area contributed by atoms with Crippen molar-refractivity contribution < 1.29 is 4.74 Å². The van der Waals surface area contributed by atoms with Crippen LogP contribution in [-0.4, -0.2) is 23.3 Å². The maximum Gasteiger partial charge on any atom is 0.329 e. The van der Waals surface area contributed by atoms with Crippen LogP contribution in [0.15, 0.2) is 39.9 Å². The molecule has 0 aliphatic heterocycles. The van der Waals surface area contributed by atoms with Crippen LogP contribution in [-0.2, 0) is 11.3 Å². The van der Waals surface area contributed by atoms with Crippen molar-refractivity contribution in [3.05, 3.63) is 56.3 Å². The van der Waals surface area contributed by atoms with Crippen molar-refractivity contribution in [2.75, 3.05) is 13.7 Å². The van der Waals surface area contributed by atoms with Gasteiger partial charge in [-0.3, -0.25) is 14.3 Å². The molecule has 1 aromatic heterocycles. The fourth-order valence-electron chi connectivity index (χ4n) is 2.21. The smallest absolute Gasteiger partial charge is 0.329 e. The van der Waals surface area contributed by atoms with Crippen molar-refractivity contribution in [2.24, 2.45) is 5.92 Å². The quantitative estimate of drug-likeness (QED) is 0.861. The van der Waals surface area contributed by atoms with E-state index in [1.165, 1.54) is 0 Å². The largest absolute Gasteiger partial charge is 0.384 e. The van der Waals surface area contributed by atoms with Crippen molar-refractivity contribution in [1.82, 2.24) is 9.55 Å². The maximum absolute atomic E-state index is 12.6. The highest BCUT2D eigenvalue weighted by Gasteiger charge is 2.16. The van der Waals surface area contributed by atoms with Gasteiger partial charge >= 0.3 is 5.69 Å². The molecule has 0 saturated heterocycles. The van der Waals surface area contributed by atoms with Gasteiger partial charge in [0.05, 0.1) is 12.2 Å². The molecular formula is C15H17ClN2O3. The molecule has 1 unspecified atom stereocenters. The Morgan fingerprint density at radius 2 is 1.95 bits per heavy atom. The predicted octanol–water partition coefficient (Wildman–Crippen LogP) is 2.14. The Bertz CT molecular complexity index is 722. The number of nitrogens with one attached hydrogen (secondary N) is 1. The van der Waals surface area contributed by atoms with E-state index in [1.54, 1.807) is 19.2 Å². The lowest BCUT2D eigenvalue weighted by molar-refractivity contribution is 0.150. The third-order valence-corrected chi connectivity index (χ3v) is 3.43. The van der Waals surface area contributed by atoms with E-state index in [0.717, 1.165) is 4.57 Å². The van der Waals surface area contributed by atoms with E-state index >= 15 is 0 Å². The van der Waals surface area contributed by atoms with E-state index in [0.29, 0.717) is 17.7 Å². The zero-order valence-corrected chi connectivity index (χ0v) is 12.7. The third kappa shape index (κ3) is 3.43. The van der Waals surface area contributed by atoms with Crippen molar-refractivity contribution in [3.8, 4) is 11.1 Å². The average Bonchev–Trinajstić information content (AvgIpc) is 2.45. The summed E-state index contributed by atoms with van der Waals surface area (Å²) in [5, 5.41) is 0.0619. The maximum atomic E-state index is 12.6. The van der Waals surface area contributed by atoms with E-state index in [-0.39, 0.29) is 17.6 Å². The Kier molecular flexibility index (Phi) is 4.98. The zero-order valence-electron chi connectivity index (χ0n) is 11.9. The van der Waals surface area contributed by atoms with Gasteiger partial charge in [-0.05, 0) is 11.5 Å². The van der Waals surface area contributed by atoms with Crippen molar-refractivity contribution in [1.29, 1.82) is 0 Å². The number of aromatic nitrogens is 2. The lowest BCUT2D eigenvalue weighted by Crippen LogP contribution is -2.38. The van der Waals surface area contributed by atoms with Crippen LogP contribution >= 0.6 is 11.6 Å². The van der Waals surface area contributed by atoms with Crippen LogP contribution in [0.3, 0.4) is 0 Å². The Morgan fingerprint density at radius 1 is 1.29 bits per heavy atom. The summed E-state index contributed by atoms with van der Waals surface area (Å²) in [6.07, 6.45) is 0. The summed E-state index contributed by atoms with van der Waals surface area (Å²) in [5.74, 6) is 0.0404. The van der Waals surface area contributed by atoms with Crippen LogP contribution in [0.4, 0.5) is 0 Å². The van der Waals surface area contributed by atoms with Gasteiger partial charge in [-0.25, -0.2) is 4.79 Å². The highest BCUT2D eigenvalue weighted by Crippen LogP contribution is 2.20. The molecule has 1 aromatic carbocycles. The molecule has 6 heteroatoms. The van der Waals surface area contributed by atoms with Crippen LogP contribution in [0.1, 0.15) is 6.92 Å². The Labute approximate surface area is 127 Å². The first-order valence-corrected chi connectivity index (χ1v) is 6.99. The number of H-pyrrole nitrogens is 1. The fraction of sp³-hybridized carbons (Fsp3) is 0.333.